The molecule has 0 fully saturated rings. The van der Waals surface area contributed by atoms with Gasteiger partial charge in [-0.15, -0.1) is 0 Å². The van der Waals surface area contributed by atoms with Gasteiger partial charge in [0.05, 0.1) is 0 Å². The zero-order valence-corrected chi connectivity index (χ0v) is 13.9. The van der Waals surface area contributed by atoms with E-state index < -0.39 is 0 Å². The number of para-hydroxylation sites is 1. The maximum absolute atomic E-state index is 12.3. The van der Waals surface area contributed by atoms with Gasteiger partial charge in [0.15, 0.2) is 0 Å². The second kappa shape index (κ2) is 8.89. The average molecular weight is 299 g/mol. The van der Waals surface area contributed by atoms with Gasteiger partial charge in [-0.1, -0.05) is 45.9 Å². The molecule has 0 spiro atoms. The molecule has 0 saturated heterocycles. The summed E-state index contributed by atoms with van der Waals surface area (Å²) in [5.41, 5.74) is 3.09. The Morgan fingerprint density at radius 2 is 1.86 bits per heavy atom. The highest BCUT2D eigenvalue weighted by molar-refractivity contribution is 6.07. The summed E-state index contributed by atoms with van der Waals surface area (Å²) < 4.78 is 0. The minimum absolute atomic E-state index is 0.0913. The third-order valence-corrected chi connectivity index (χ3v) is 3.37. The van der Waals surface area contributed by atoms with E-state index in [1.54, 1.807) is 0 Å². The minimum Gasteiger partial charge on any atom is -0.389 e. The largest absolute Gasteiger partial charge is 0.389 e. The highest BCUT2D eigenvalue weighted by Gasteiger charge is 2.13. The van der Waals surface area contributed by atoms with E-state index in [4.69, 9.17) is 0 Å². The molecule has 0 saturated carbocycles. The van der Waals surface area contributed by atoms with Crippen LogP contribution in [0.2, 0.25) is 0 Å². The summed E-state index contributed by atoms with van der Waals surface area (Å²) in [5.74, 6) is 0.0844. The molecular formula is C18H25N3O. The van der Waals surface area contributed by atoms with Crippen molar-refractivity contribution in [3.63, 3.8) is 0 Å². The molecule has 0 aromatic heterocycles. The molecule has 4 heteroatoms. The standard InChI is InChI=1S/C18H25N3O/c1-5-14-8-7-9-15(6-2)17(14)21-18(22)16(10-19)12-20-11-13(3)4/h7-9,12-13,20H,5-6,11H2,1-4H3,(H,21,22)/b16-12-. The molecule has 1 rings (SSSR count). The molecule has 0 aliphatic rings. The fraction of sp³-hybridized carbons (Fsp3) is 0.444. The molecule has 22 heavy (non-hydrogen) atoms. The maximum Gasteiger partial charge on any atom is 0.267 e. The predicted octanol–water partition coefficient (Wildman–Crippen LogP) is 3.40. The summed E-state index contributed by atoms with van der Waals surface area (Å²) >= 11 is 0. The second-order valence-corrected chi connectivity index (χ2v) is 5.58. The van der Waals surface area contributed by atoms with Gasteiger partial charge in [-0.2, -0.15) is 5.26 Å². The molecule has 0 radical (unpaired) electrons. The van der Waals surface area contributed by atoms with Crippen LogP contribution in [0.3, 0.4) is 0 Å². The van der Waals surface area contributed by atoms with Crippen molar-refractivity contribution >= 4 is 11.6 Å². The van der Waals surface area contributed by atoms with Gasteiger partial charge in [-0.3, -0.25) is 4.79 Å². The van der Waals surface area contributed by atoms with Gasteiger partial charge in [0.25, 0.3) is 5.91 Å². The quantitative estimate of drug-likeness (QED) is 0.599. The van der Waals surface area contributed by atoms with E-state index in [1.165, 1.54) is 6.20 Å². The van der Waals surface area contributed by atoms with Gasteiger partial charge in [-0.25, -0.2) is 0 Å². The van der Waals surface area contributed by atoms with E-state index in [2.05, 4.69) is 38.3 Å². The fourth-order valence-electron chi connectivity index (χ4n) is 2.13. The molecule has 0 bridgehead atoms. The van der Waals surface area contributed by atoms with Crippen molar-refractivity contribution in [1.29, 1.82) is 5.26 Å². The molecule has 0 aliphatic heterocycles. The van der Waals surface area contributed by atoms with Gasteiger partial charge in [0.1, 0.15) is 11.6 Å². The van der Waals surface area contributed by atoms with E-state index in [9.17, 15) is 10.1 Å². The maximum atomic E-state index is 12.3. The number of nitrogens with zero attached hydrogens (tertiary/aromatic N) is 1. The third-order valence-electron chi connectivity index (χ3n) is 3.37. The lowest BCUT2D eigenvalue weighted by Gasteiger charge is -2.14. The van der Waals surface area contributed by atoms with E-state index in [0.29, 0.717) is 5.92 Å². The number of nitrogens with one attached hydrogen (secondary N) is 2. The van der Waals surface area contributed by atoms with E-state index in [0.717, 1.165) is 36.2 Å². The number of aryl methyl sites for hydroxylation is 2. The Bertz CT molecular complexity index is 560. The monoisotopic (exact) mass is 299 g/mol. The molecule has 0 aliphatic carbocycles. The zero-order chi connectivity index (χ0) is 16.5. The highest BCUT2D eigenvalue weighted by Crippen LogP contribution is 2.23. The Balaban J connectivity index is 2.94. The summed E-state index contributed by atoms with van der Waals surface area (Å²) in [4.78, 5) is 12.3. The number of benzene rings is 1. The van der Waals surface area contributed by atoms with Gasteiger partial charge in [0.2, 0.25) is 0 Å². The van der Waals surface area contributed by atoms with Crippen LogP contribution in [0, 0.1) is 17.2 Å². The van der Waals surface area contributed by atoms with Crippen LogP contribution in [0.4, 0.5) is 5.69 Å². The number of anilines is 1. The highest BCUT2D eigenvalue weighted by atomic mass is 16.1. The number of carbonyl (C=O) groups is 1. The molecule has 0 atom stereocenters. The Morgan fingerprint density at radius 1 is 1.27 bits per heavy atom. The smallest absolute Gasteiger partial charge is 0.267 e. The molecule has 118 valence electrons. The van der Waals surface area contributed by atoms with Gasteiger partial charge in [-0.05, 0) is 29.9 Å². The molecule has 0 heterocycles. The number of rotatable bonds is 7. The van der Waals surface area contributed by atoms with E-state index in [1.807, 2.05) is 24.3 Å². The van der Waals surface area contributed by atoms with Crippen molar-refractivity contribution in [2.75, 3.05) is 11.9 Å². The van der Waals surface area contributed by atoms with Gasteiger partial charge < -0.3 is 10.6 Å². The number of amides is 1. The molecule has 1 aromatic carbocycles. The first-order valence-electron chi connectivity index (χ1n) is 7.79. The number of hydrogen-bond donors (Lipinski definition) is 2. The van der Waals surface area contributed by atoms with Crippen molar-refractivity contribution < 1.29 is 4.79 Å². The van der Waals surface area contributed by atoms with Crippen molar-refractivity contribution in [3.8, 4) is 6.07 Å². The van der Waals surface area contributed by atoms with Crippen molar-refractivity contribution in [1.82, 2.24) is 5.32 Å². The van der Waals surface area contributed by atoms with Crippen LogP contribution < -0.4 is 10.6 Å². The summed E-state index contributed by atoms with van der Waals surface area (Å²) in [7, 11) is 0. The molecule has 1 aromatic rings. The van der Waals surface area contributed by atoms with Crippen LogP contribution in [0.1, 0.15) is 38.8 Å². The molecule has 1 amide bonds. The van der Waals surface area contributed by atoms with Crippen LogP contribution in [-0.2, 0) is 17.6 Å². The fourth-order valence-corrected chi connectivity index (χ4v) is 2.13. The summed E-state index contributed by atoms with van der Waals surface area (Å²) in [6, 6.07) is 7.96. The van der Waals surface area contributed by atoms with Gasteiger partial charge in [0, 0.05) is 18.4 Å². The molecule has 4 nitrogen and oxygen atoms in total. The molecule has 2 N–H and O–H groups in total. The average Bonchev–Trinajstić information content (AvgIpc) is 2.51. The van der Waals surface area contributed by atoms with E-state index in [-0.39, 0.29) is 11.5 Å². The van der Waals surface area contributed by atoms with Crippen molar-refractivity contribution in [2.45, 2.75) is 40.5 Å². The lowest BCUT2D eigenvalue weighted by Crippen LogP contribution is -2.20. The van der Waals surface area contributed by atoms with Gasteiger partial charge >= 0.3 is 0 Å². The topological polar surface area (TPSA) is 64.9 Å². The number of nitriles is 1. The lowest BCUT2D eigenvalue weighted by atomic mass is 10.0. The normalized spacial score (nSPS) is 11.2. The Labute approximate surface area is 133 Å². The first-order chi connectivity index (χ1) is 10.5. The number of hydrogen-bond acceptors (Lipinski definition) is 3. The van der Waals surface area contributed by atoms with Crippen LogP contribution >= 0.6 is 0 Å². The summed E-state index contributed by atoms with van der Waals surface area (Å²) in [5, 5.41) is 15.1. The van der Waals surface area contributed by atoms with Crippen molar-refractivity contribution in [2.24, 2.45) is 5.92 Å². The lowest BCUT2D eigenvalue weighted by molar-refractivity contribution is -0.112. The SMILES string of the molecule is CCc1cccc(CC)c1NC(=O)/C(C#N)=C\NCC(C)C. The predicted molar refractivity (Wildman–Crippen MR) is 90.4 cm³/mol. The van der Waals surface area contributed by atoms with Crippen LogP contribution in [0.15, 0.2) is 30.0 Å². The Morgan fingerprint density at radius 3 is 2.32 bits per heavy atom. The summed E-state index contributed by atoms with van der Waals surface area (Å²) in [6.45, 7) is 8.96. The minimum atomic E-state index is -0.366. The van der Waals surface area contributed by atoms with Crippen molar-refractivity contribution in [3.05, 3.63) is 41.1 Å². The van der Waals surface area contributed by atoms with Crippen LogP contribution in [0.25, 0.3) is 0 Å². The third kappa shape index (κ3) is 4.92. The second-order valence-electron chi connectivity index (χ2n) is 5.58. The first-order valence-corrected chi connectivity index (χ1v) is 7.79. The van der Waals surface area contributed by atoms with Crippen LogP contribution in [-0.4, -0.2) is 12.5 Å². The van der Waals surface area contributed by atoms with E-state index >= 15 is 0 Å². The molecular weight excluding hydrogens is 274 g/mol. The Hall–Kier alpha value is -2.28. The Kier molecular flexibility index (Phi) is 7.18. The number of carbonyl (C=O) groups excluding carboxylic acids is 1. The zero-order valence-electron chi connectivity index (χ0n) is 13.9. The van der Waals surface area contributed by atoms with Crippen LogP contribution in [0.5, 0.6) is 0 Å². The summed E-state index contributed by atoms with van der Waals surface area (Å²) in [6.07, 6.45) is 3.16. The molecule has 0 unspecified atom stereocenters. The first kappa shape index (κ1) is 17.8.